The summed E-state index contributed by atoms with van der Waals surface area (Å²) >= 11 is 0. The predicted molar refractivity (Wildman–Crippen MR) is 147 cm³/mol. The molecule has 3 N–H and O–H groups in total. The highest BCUT2D eigenvalue weighted by molar-refractivity contribution is 6.01. The molecule has 0 fully saturated rings. The summed E-state index contributed by atoms with van der Waals surface area (Å²) in [5, 5.41) is 12.3. The average Bonchev–Trinajstić information content (AvgIpc) is 3.52. The number of halogens is 1. The third-order valence-corrected chi connectivity index (χ3v) is 6.31. The van der Waals surface area contributed by atoms with Crippen molar-refractivity contribution in [2.75, 3.05) is 26.0 Å². The number of carbonyl (C=O) groups excluding carboxylic acids is 1. The summed E-state index contributed by atoms with van der Waals surface area (Å²) in [6.45, 7) is 0.285. The summed E-state index contributed by atoms with van der Waals surface area (Å²) < 4.78 is 14.6. The van der Waals surface area contributed by atoms with Crippen LogP contribution in [0.4, 0.5) is 10.1 Å². The summed E-state index contributed by atoms with van der Waals surface area (Å²) in [4.78, 5) is 26.2. The topological polar surface area (TPSA) is 103 Å². The molecule has 2 aromatic carbocycles. The van der Waals surface area contributed by atoms with Crippen LogP contribution >= 0.6 is 0 Å². The molecule has 6 aromatic rings. The maximum Gasteiger partial charge on any atom is 0.238 e. The number of rotatable bonds is 6. The van der Waals surface area contributed by atoms with Crippen molar-refractivity contribution in [2.24, 2.45) is 0 Å². The van der Waals surface area contributed by atoms with Gasteiger partial charge < -0.3 is 15.2 Å². The van der Waals surface area contributed by atoms with Gasteiger partial charge in [0.15, 0.2) is 0 Å². The number of pyridine rings is 2. The molecule has 4 aromatic heterocycles. The zero-order chi connectivity index (χ0) is 26.2. The summed E-state index contributed by atoms with van der Waals surface area (Å²) in [7, 11) is 3.69. The molecule has 0 spiro atoms. The normalized spacial score (nSPS) is 11.5. The standard InChI is InChI=1S/C29H24FN7O/c1-37(2)16-27(38)33-19-11-18(14-31-15-19)17-7-8-25-21(12-17)29(36-35-25)26-13-22-24(34-26)9-10-32-28(22)20-5-3-4-6-23(20)30/h3-15,34H,16H2,1-2H3,(H,33,38)(H,35,36). The molecule has 38 heavy (non-hydrogen) atoms. The van der Waals surface area contributed by atoms with Gasteiger partial charge in [0.1, 0.15) is 11.5 Å². The maximum absolute atomic E-state index is 14.6. The Kier molecular flexibility index (Phi) is 5.89. The van der Waals surface area contributed by atoms with Gasteiger partial charge in [-0.05, 0) is 62.1 Å². The first-order chi connectivity index (χ1) is 18.5. The zero-order valence-electron chi connectivity index (χ0n) is 20.8. The molecule has 8 nitrogen and oxygen atoms in total. The lowest BCUT2D eigenvalue weighted by Gasteiger charge is -2.11. The van der Waals surface area contributed by atoms with E-state index in [1.165, 1.54) is 6.07 Å². The molecule has 4 heterocycles. The Morgan fingerprint density at radius 2 is 1.79 bits per heavy atom. The highest BCUT2D eigenvalue weighted by Gasteiger charge is 2.16. The molecule has 188 valence electrons. The lowest BCUT2D eigenvalue weighted by molar-refractivity contribution is -0.116. The van der Waals surface area contributed by atoms with Gasteiger partial charge in [-0.25, -0.2) is 4.39 Å². The van der Waals surface area contributed by atoms with Crippen LogP contribution in [0.1, 0.15) is 0 Å². The Morgan fingerprint density at radius 1 is 0.947 bits per heavy atom. The first kappa shape index (κ1) is 23.5. The van der Waals surface area contributed by atoms with E-state index >= 15 is 0 Å². The number of fused-ring (bicyclic) bond motifs is 2. The van der Waals surface area contributed by atoms with E-state index < -0.39 is 0 Å². The van der Waals surface area contributed by atoms with Crippen molar-refractivity contribution in [3.05, 3.63) is 85.1 Å². The first-order valence-corrected chi connectivity index (χ1v) is 12.1. The SMILES string of the molecule is CN(C)CC(=O)Nc1cncc(-c2ccc3[nH]nc(-c4cc5c(-c6ccccc6F)nccc5[nH]4)c3c2)c1. The van der Waals surface area contributed by atoms with Crippen LogP contribution in [0.15, 0.2) is 79.3 Å². The number of H-pyrrole nitrogens is 2. The fourth-order valence-corrected chi connectivity index (χ4v) is 4.60. The van der Waals surface area contributed by atoms with E-state index in [0.29, 0.717) is 16.9 Å². The lowest BCUT2D eigenvalue weighted by Crippen LogP contribution is -2.27. The van der Waals surface area contributed by atoms with Crippen molar-refractivity contribution in [1.82, 2.24) is 30.0 Å². The van der Waals surface area contributed by atoms with Crippen LogP contribution in [0.2, 0.25) is 0 Å². The van der Waals surface area contributed by atoms with Gasteiger partial charge in [0.25, 0.3) is 0 Å². The summed E-state index contributed by atoms with van der Waals surface area (Å²) in [5.74, 6) is -0.427. The summed E-state index contributed by atoms with van der Waals surface area (Å²) in [6.07, 6.45) is 5.06. The van der Waals surface area contributed by atoms with E-state index in [1.807, 2.05) is 50.5 Å². The summed E-state index contributed by atoms with van der Waals surface area (Å²) in [6, 6.07) is 18.3. The number of carbonyl (C=O) groups is 1. The Labute approximate surface area is 217 Å². The van der Waals surface area contributed by atoms with Crippen LogP contribution < -0.4 is 5.32 Å². The largest absolute Gasteiger partial charge is 0.353 e. The summed E-state index contributed by atoms with van der Waals surface area (Å²) in [5.41, 5.74) is 6.68. The molecule has 0 aliphatic carbocycles. The second-order valence-electron chi connectivity index (χ2n) is 9.36. The number of aromatic amines is 2. The monoisotopic (exact) mass is 505 g/mol. The molecule has 6 rings (SSSR count). The molecule has 9 heteroatoms. The van der Waals surface area contributed by atoms with Crippen LogP contribution in [0.25, 0.3) is 55.6 Å². The number of aromatic nitrogens is 5. The van der Waals surface area contributed by atoms with Gasteiger partial charge in [-0.2, -0.15) is 5.10 Å². The van der Waals surface area contributed by atoms with E-state index in [4.69, 9.17) is 0 Å². The van der Waals surface area contributed by atoms with Crippen LogP contribution in [-0.4, -0.2) is 56.6 Å². The van der Waals surface area contributed by atoms with E-state index in [1.54, 1.807) is 41.7 Å². The fraction of sp³-hybridized carbons (Fsp3) is 0.103. The molecule has 0 aliphatic rings. The molecule has 0 bridgehead atoms. The zero-order valence-corrected chi connectivity index (χ0v) is 20.8. The quantitative estimate of drug-likeness (QED) is 0.278. The second kappa shape index (κ2) is 9.53. The Hall–Kier alpha value is -4.89. The minimum Gasteiger partial charge on any atom is -0.353 e. The number of amides is 1. The second-order valence-corrected chi connectivity index (χ2v) is 9.36. The highest BCUT2D eigenvalue weighted by atomic mass is 19.1. The molecular weight excluding hydrogens is 481 g/mol. The van der Waals surface area contributed by atoms with E-state index in [2.05, 4.69) is 30.5 Å². The van der Waals surface area contributed by atoms with Gasteiger partial charge >= 0.3 is 0 Å². The van der Waals surface area contributed by atoms with E-state index in [-0.39, 0.29) is 18.3 Å². The molecule has 0 saturated heterocycles. The molecular formula is C29H24FN7O. The van der Waals surface area contributed by atoms with Gasteiger partial charge in [0, 0.05) is 39.8 Å². The van der Waals surface area contributed by atoms with E-state index in [9.17, 15) is 9.18 Å². The number of benzene rings is 2. The lowest BCUT2D eigenvalue weighted by atomic mass is 10.0. The Balaban J connectivity index is 1.39. The van der Waals surface area contributed by atoms with Gasteiger partial charge in [0.2, 0.25) is 5.91 Å². The molecule has 0 saturated carbocycles. The van der Waals surface area contributed by atoms with Crippen molar-refractivity contribution < 1.29 is 9.18 Å². The molecule has 0 unspecified atom stereocenters. The smallest absolute Gasteiger partial charge is 0.238 e. The molecule has 1 amide bonds. The minimum absolute atomic E-state index is 0.107. The van der Waals surface area contributed by atoms with Gasteiger partial charge in [-0.1, -0.05) is 18.2 Å². The third kappa shape index (κ3) is 4.39. The van der Waals surface area contributed by atoms with Gasteiger partial charge in [0.05, 0.1) is 35.3 Å². The minimum atomic E-state index is -0.321. The maximum atomic E-state index is 14.6. The number of likely N-dealkylation sites (N-methyl/N-ethyl adjacent to an activating group) is 1. The molecule has 0 aliphatic heterocycles. The van der Waals surface area contributed by atoms with Crippen LogP contribution in [0.5, 0.6) is 0 Å². The average molecular weight is 506 g/mol. The van der Waals surface area contributed by atoms with Crippen molar-refractivity contribution in [2.45, 2.75) is 0 Å². The highest BCUT2D eigenvalue weighted by Crippen LogP contribution is 2.35. The molecule has 0 radical (unpaired) electrons. The number of hydrogen-bond donors (Lipinski definition) is 3. The molecule has 0 atom stereocenters. The van der Waals surface area contributed by atoms with Crippen LogP contribution in [0, 0.1) is 5.82 Å². The van der Waals surface area contributed by atoms with Crippen molar-refractivity contribution in [3.63, 3.8) is 0 Å². The van der Waals surface area contributed by atoms with Crippen LogP contribution in [0.3, 0.4) is 0 Å². The fourth-order valence-electron chi connectivity index (χ4n) is 4.60. The van der Waals surface area contributed by atoms with Crippen molar-refractivity contribution >= 4 is 33.4 Å². The van der Waals surface area contributed by atoms with Gasteiger partial charge in [-0.3, -0.25) is 19.9 Å². The van der Waals surface area contributed by atoms with Crippen LogP contribution in [-0.2, 0) is 4.79 Å². The van der Waals surface area contributed by atoms with Crippen molar-refractivity contribution in [3.8, 4) is 33.8 Å². The number of hydrogen-bond acceptors (Lipinski definition) is 5. The van der Waals surface area contributed by atoms with E-state index in [0.717, 1.165) is 44.3 Å². The number of anilines is 1. The van der Waals surface area contributed by atoms with Crippen molar-refractivity contribution in [1.29, 1.82) is 0 Å². The number of nitrogens with zero attached hydrogens (tertiary/aromatic N) is 4. The Bertz CT molecular complexity index is 1800. The first-order valence-electron chi connectivity index (χ1n) is 12.1. The number of nitrogens with one attached hydrogen (secondary N) is 3. The third-order valence-electron chi connectivity index (χ3n) is 6.31. The van der Waals surface area contributed by atoms with Gasteiger partial charge in [-0.15, -0.1) is 0 Å². The predicted octanol–water partition coefficient (Wildman–Crippen LogP) is 5.47. The Morgan fingerprint density at radius 3 is 2.63 bits per heavy atom.